The number of pyridine rings is 1. The van der Waals surface area contributed by atoms with Gasteiger partial charge in [-0.15, -0.1) is 11.8 Å². The maximum Gasteiger partial charge on any atom is 0.338 e. The minimum absolute atomic E-state index is 0.175. The summed E-state index contributed by atoms with van der Waals surface area (Å²) < 4.78 is 23.4. The molecule has 4 aromatic rings. The predicted molar refractivity (Wildman–Crippen MR) is 173 cm³/mol. The maximum atomic E-state index is 12.6. The van der Waals surface area contributed by atoms with Gasteiger partial charge in [-0.25, -0.2) is 15.2 Å². The molecule has 2 aliphatic heterocycles. The first-order valence-corrected chi connectivity index (χ1v) is 15.9. The van der Waals surface area contributed by atoms with Crippen LogP contribution in [0.25, 0.3) is 10.9 Å². The fraction of sp³-hybridized carbons (Fsp3) is 0.303. The highest BCUT2D eigenvalue weighted by Crippen LogP contribution is 2.40. The van der Waals surface area contributed by atoms with Gasteiger partial charge in [0, 0.05) is 43.0 Å². The highest BCUT2D eigenvalue weighted by molar-refractivity contribution is 8.00. The number of methoxy groups -OCH3 is 1. The third-order valence-electron chi connectivity index (χ3n) is 7.48. The number of hydrazine groups is 1. The van der Waals surface area contributed by atoms with Crippen LogP contribution in [0.4, 0.5) is 10.5 Å². The number of fused-ring (bicyclic) bond motifs is 1. The molecule has 3 heterocycles. The normalized spacial score (nSPS) is 16.9. The Labute approximate surface area is 265 Å². The van der Waals surface area contributed by atoms with Crippen molar-refractivity contribution in [3.05, 3.63) is 84.6 Å². The predicted octanol–water partition coefficient (Wildman–Crippen LogP) is 5.45. The number of hydrogen-bond donors (Lipinski definition) is 2. The minimum Gasteiger partial charge on any atom is -0.493 e. The average molecular weight is 630 g/mol. The third kappa shape index (κ3) is 7.59. The van der Waals surface area contributed by atoms with Gasteiger partial charge in [0.25, 0.3) is 5.91 Å². The zero-order valence-electron chi connectivity index (χ0n) is 24.9. The Bertz CT molecular complexity index is 1620. The minimum atomic E-state index is -0.483. The lowest BCUT2D eigenvalue weighted by atomic mass is 10.1. The second kappa shape index (κ2) is 14.5. The Morgan fingerprint density at radius 2 is 1.82 bits per heavy atom. The van der Waals surface area contributed by atoms with Crippen LogP contribution in [-0.4, -0.2) is 79.1 Å². The Morgan fingerprint density at radius 1 is 1.02 bits per heavy atom. The van der Waals surface area contributed by atoms with Crippen molar-refractivity contribution in [1.82, 2.24) is 20.3 Å². The fourth-order valence-corrected chi connectivity index (χ4v) is 6.30. The Kier molecular flexibility index (Phi) is 9.83. The number of carbonyl (C=O) groups excluding carboxylic acids is 2. The van der Waals surface area contributed by atoms with E-state index in [0.717, 1.165) is 55.7 Å². The maximum absolute atomic E-state index is 12.6. The summed E-state index contributed by atoms with van der Waals surface area (Å²) in [7, 11) is 1.62. The number of amides is 3. The lowest BCUT2D eigenvalue weighted by molar-refractivity contribution is -0.130. The molecule has 3 aromatic carbocycles. The highest BCUT2D eigenvalue weighted by atomic mass is 32.2. The summed E-state index contributed by atoms with van der Waals surface area (Å²) in [5, 5.41) is 4.53. The first-order chi connectivity index (χ1) is 22.1. The van der Waals surface area contributed by atoms with Crippen LogP contribution in [0.1, 0.15) is 17.4 Å². The van der Waals surface area contributed by atoms with Crippen molar-refractivity contribution in [3.8, 4) is 23.0 Å². The summed E-state index contributed by atoms with van der Waals surface area (Å²) in [5.41, 5.74) is 4.91. The molecule has 2 fully saturated rings. The topological polar surface area (TPSA) is 114 Å². The van der Waals surface area contributed by atoms with Crippen molar-refractivity contribution in [1.29, 1.82) is 0 Å². The quantitative estimate of drug-likeness (QED) is 0.209. The molecule has 2 aliphatic rings. The molecule has 1 unspecified atom stereocenters. The SMILES string of the molecule is COc1cc2c(Oc3ccc(C4SCC(=O)N4NC(=O)Nc4ccccc4)cc3)ccnc2cc1OCCCN1CCOCC1. The lowest BCUT2D eigenvalue weighted by Gasteiger charge is -2.26. The number of aromatic nitrogens is 1. The van der Waals surface area contributed by atoms with Crippen LogP contribution >= 0.6 is 11.8 Å². The number of nitrogens with zero attached hydrogens (tertiary/aromatic N) is 3. The molecule has 0 bridgehead atoms. The molecule has 11 nitrogen and oxygen atoms in total. The van der Waals surface area contributed by atoms with Gasteiger partial charge in [-0.05, 0) is 48.4 Å². The van der Waals surface area contributed by atoms with E-state index in [1.165, 1.54) is 16.8 Å². The van der Waals surface area contributed by atoms with Crippen LogP contribution in [0.15, 0.2) is 79.0 Å². The van der Waals surface area contributed by atoms with Crippen LogP contribution in [-0.2, 0) is 9.53 Å². The molecule has 234 valence electrons. The number of urea groups is 1. The van der Waals surface area contributed by atoms with Crippen molar-refractivity contribution in [2.75, 3.05) is 57.6 Å². The summed E-state index contributed by atoms with van der Waals surface area (Å²) in [6, 6.07) is 21.6. The van der Waals surface area contributed by atoms with E-state index in [1.54, 1.807) is 31.5 Å². The molecule has 6 rings (SSSR count). The van der Waals surface area contributed by atoms with Gasteiger partial charge in [0.1, 0.15) is 16.9 Å². The number of anilines is 1. The molecule has 12 heteroatoms. The standard InChI is InChI=1S/C33H35N5O6S/c1-41-29-20-26-27(21-30(29)43-17-5-14-37-15-18-42-19-16-37)34-13-12-28(26)44-25-10-8-23(9-11-25)32-38(31(39)22-45-32)36-33(40)35-24-6-3-2-4-7-24/h2-4,6-13,20-21,32H,5,14-19,22H2,1H3,(H2,35,36,40). The fourth-order valence-electron chi connectivity index (χ4n) is 5.19. The summed E-state index contributed by atoms with van der Waals surface area (Å²) in [5.74, 6) is 2.57. The number of benzene rings is 3. The number of hydrogen-bond acceptors (Lipinski definition) is 9. The molecule has 45 heavy (non-hydrogen) atoms. The van der Waals surface area contributed by atoms with Crippen LogP contribution in [0, 0.1) is 0 Å². The first-order valence-electron chi connectivity index (χ1n) is 14.8. The molecular formula is C33H35N5O6S. The van der Waals surface area contributed by atoms with E-state index in [0.29, 0.717) is 35.3 Å². The summed E-state index contributed by atoms with van der Waals surface area (Å²) in [6.07, 6.45) is 2.60. The molecular weight excluding hydrogens is 594 g/mol. The monoisotopic (exact) mass is 629 g/mol. The molecule has 2 N–H and O–H groups in total. The van der Waals surface area contributed by atoms with Crippen molar-refractivity contribution in [3.63, 3.8) is 0 Å². The summed E-state index contributed by atoms with van der Waals surface area (Å²) in [4.78, 5) is 32.1. The van der Waals surface area contributed by atoms with E-state index >= 15 is 0 Å². The Morgan fingerprint density at radius 3 is 2.60 bits per heavy atom. The molecule has 2 saturated heterocycles. The van der Waals surface area contributed by atoms with Gasteiger partial charge in [0.05, 0.1) is 38.2 Å². The van der Waals surface area contributed by atoms with E-state index in [-0.39, 0.29) is 17.0 Å². The van der Waals surface area contributed by atoms with Crippen molar-refractivity contribution in [2.45, 2.75) is 11.8 Å². The van der Waals surface area contributed by atoms with Crippen LogP contribution < -0.4 is 25.0 Å². The largest absolute Gasteiger partial charge is 0.493 e. The highest BCUT2D eigenvalue weighted by Gasteiger charge is 2.34. The first kappa shape index (κ1) is 30.5. The number of ether oxygens (including phenoxy) is 4. The molecule has 1 atom stereocenters. The van der Waals surface area contributed by atoms with Crippen LogP contribution in [0.3, 0.4) is 0 Å². The van der Waals surface area contributed by atoms with E-state index in [9.17, 15) is 9.59 Å². The summed E-state index contributed by atoms with van der Waals surface area (Å²) in [6.45, 7) is 5.01. The van der Waals surface area contributed by atoms with E-state index < -0.39 is 6.03 Å². The second-order valence-corrected chi connectivity index (χ2v) is 11.6. The number of para-hydroxylation sites is 1. The van der Waals surface area contributed by atoms with Gasteiger partial charge in [0.2, 0.25) is 0 Å². The van der Waals surface area contributed by atoms with E-state index in [2.05, 4.69) is 20.6 Å². The van der Waals surface area contributed by atoms with Crippen molar-refractivity contribution < 1.29 is 28.5 Å². The molecule has 0 radical (unpaired) electrons. The Balaban J connectivity index is 1.10. The van der Waals surface area contributed by atoms with Gasteiger partial charge in [0.15, 0.2) is 11.5 Å². The molecule has 0 aliphatic carbocycles. The van der Waals surface area contributed by atoms with Crippen LogP contribution in [0.2, 0.25) is 0 Å². The molecule has 3 amide bonds. The van der Waals surface area contributed by atoms with Gasteiger partial charge >= 0.3 is 6.03 Å². The van der Waals surface area contributed by atoms with Gasteiger partial charge in [-0.1, -0.05) is 30.3 Å². The lowest BCUT2D eigenvalue weighted by Crippen LogP contribution is -2.46. The smallest absolute Gasteiger partial charge is 0.338 e. The van der Waals surface area contributed by atoms with E-state index in [4.69, 9.17) is 18.9 Å². The Hall–Kier alpha value is -4.52. The van der Waals surface area contributed by atoms with Crippen LogP contribution in [0.5, 0.6) is 23.0 Å². The number of carbonyl (C=O) groups is 2. The van der Waals surface area contributed by atoms with Gasteiger partial charge in [-0.3, -0.25) is 14.7 Å². The zero-order valence-corrected chi connectivity index (χ0v) is 25.8. The number of nitrogens with one attached hydrogen (secondary N) is 2. The zero-order chi connectivity index (χ0) is 31.0. The molecule has 0 saturated carbocycles. The third-order valence-corrected chi connectivity index (χ3v) is 8.69. The molecule has 0 spiro atoms. The average Bonchev–Trinajstić information content (AvgIpc) is 3.43. The van der Waals surface area contributed by atoms with Crippen molar-refractivity contribution >= 4 is 40.3 Å². The summed E-state index contributed by atoms with van der Waals surface area (Å²) >= 11 is 1.44. The van der Waals surface area contributed by atoms with Gasteiger partial charge < -0.3 is 24.3 Å². The second-order valence-electron chi connectivity index (χ2n) is 10.5. The van der Waals surface area contributed by atoms with Gasteiger partial charge in [-0.2, -0.15) is 0 Å². The number of rotatable bonds is 11. The number of thioether (sulfide) groups is 1. The van der Waals surface area contributed by atoms with Crippen molar-refractivity contribution in [2.24, 2.45) is 0 Å². The molecule has 1 aromatic heterocycles. The van der Waals surface area contributed by atoms with E-state index in [1.807, 2.05) is 54.6 Å². The number of morpholine rings is 1.